The molecule has 264 valence electrons. The molecule has 0 aliphatic rings. The van der Waals surface area contributed by atoms with Crippen LogP contribution in [-0.4, -0.2) is 39.5 Å². The number of imide groups is 1. The van der Waals surface area contributed by atoms with Crippen molar-refractivity contribution in [2.45, 2.75) is 69.9 Å². The fourth-order valence-electron chi connectivity index (χ4n) is 4.24. The van der Waals surface area contributed by atoms with E-state index in [-0.39, 0.29) is 31.2 Å². The van der Waals surface area contributed by atoms with Crippen molar-refractivity contribution >= 4 is 99.1 Å². The first-order valence-corrected chi connectivity index (χ1v) is 16.3. The summed E-state index contributed by atoms with van der Waals surface area (Å²) < 4.78 is 39.1. The van der Waals surface area contributed by atoms with Crippen LogP contribution >= 0.6 is 58.0 Å². The number of amides is 4. The number of benzene rings is 3. The van der Waals surface area contributed by atoms with Crippen molar-refractivity contribution in [1.82, 2.24) is 0 Å². The summed E-state index contributed by atoms with van der Waals surface area (Å²) in [5.41, 5.74) is -3.46. The first-order valence-electron chi connectivity index (χ1n) is 14.4. The van der Waals surface area contributed by atoms with Crippen molar-refractivity contribution in [1.29, 1.82) is 0 Å². The Labute approximate surface area is 307 Å². The minimum atomic E-state index is -1.63. The number of nitrogens with zero attached hydrogens (tertiary/aromatic N) is 1. The van der Waals surface area contributed by atoms with Gasteiger partial charge in [0.15, 0.2) is 5.82 Å². The zero-order chi connectivity index (χ0) is 37.2. The average Bonchev–Trinajstić information content (AvgIpc) is 2.91. The van der Waals surface area contributed by atoms with Gasteiger partial charge in [-0.1, -0.05) is 40.9 Å². The van der Waals surface area contributed by atoms with Crippen molar-refractivity contribution in [3.63, 3.8) is 0 Å². The molecule has 0 heterocycles. The van der Waals surface area contributed by atoms with E-state index in [9.17, 15) is 19.2 Å². The van der Waals surface area contributed by atoms with E-state index in [4.69, 9.17) is 67.5 Å². The lowest BCUT2D eigenvalue weighted by atomic mass is 9.94. The van der Waals surface area contributed by atoms with E-state index in [1.165, 1.54) is 84.9 Å². The Morgan fingerprint density at radius 3 is 1.78 bits per heavy atom. The molecule has 2 N–H and O–H groups in total. The Morgan fingerprint density at radius 1 is 0.714 bits per heavy atom. The highest BCUT2D eigenvalue weighted by atomic mass is 35.5. The van der Waals surface area contributed by atoms with Crippen molar-refractivity contribution in [2.24, 2.45) is 0 Å². The third kappa shape index (κ3) is 10.8. The highest BCUT2D eigenvalue weighted by Gasteiger charge is 2.38. The number of hydrogen-bond acceptors (Lipinski definition) is 6. The molecule has 4 amide bonds. The lowest BCUT2D eigenvalue weighted by Crippen LogP contribution is -2.44. The number of ether oxygens (including phenoxy) is 2. The smallest absolute Gasteiger partial charge is 0.424 e. The standard InChI is InChI=1S/C33H32Cl5F2N3O6/c1-31(2,3)48-29(46)43(30(47)49-32(4,5)6)25-15-24(22(39)14-23(25)40)42-27(44)18-13-17(9-11-19(18)34)41-28(45)26(33(7,37)38)16-8-10-20(35)21(36)12-16/h8-15,26H,1-7H3,(H,41,45)(H,42,44)/t26-/m0/s1. The van der Waals surface area contributed by atoms with Crippen LogP contribution in [0.5, 0.6) is 0 Å². The molecule has 0 unspecified atom stereocenters. The van der Waals surface area contributed by atoms with E-state index in [2.05, 4.69) is 10.6 Å². The van der Waals surface area contributed by atoms with E-state index in [0.717, 1.165) is 6.07 Å². The molecule has 3 rings (SSSR count). The molecule has 0 aromatic heterocycles. The second-order valence-electron chi connectivity index (χ2n) is 12.8. The number of nitrogens with one attached hydrogen (secondary N) is 2. The highest BCUT2D eigenvalue weighted by Crippen LogP contribution is 2.40. The Balaban J connectivity index is 1.97. The van der Waals surface area contributed by atoms with Crippen molar-refractivity contribution in [3.05, 3.63) is 86.4 Å². The Hall–Kier alpha value is -3.35. The summed E-state index contributed by atoms with van der Waals surface area (Å²) >= 11 is 31.2. The maximum atomic E-state index is 15.2. The van der Waals surface area contributed by atoms with Gasteiger partial charge in [-0.2, -0.15) is 4.90 Å². The first kappa shape index (κ1) is 40.1. The summed E-state index contributed by atoms with van der Waals surface area (Å²) in [6, 6.07) is 9.40. The van der Waals surface area contributed by atoms with Gasteiger partial charge in [0.1, 0.15) is 21.4 Å². The topological polar surface area (TPSA) is 114 Å². The van der Waals surface area contributed by atoms with Gasteiger partial charge in [0.2, 0.25) is 5.91 Å². The second kappa shape index (κ2) is 15.3. The van der Waals surface area contributed by atoms with Crippen molar-refractivity contribution in [2.75, 3.05) is 15.5 Å². The first-order chi connectivity index (χ1) is 22.4. The van der Waals surface area contributed by atoms with Crippen LogP contribution in [0.2, 0.25) is 15.1 Å². The second-order valence-corrected chi connectivity index (χ2v) is 15.8. The van der Waals surface area contributed by atoms with Crippen LogP contribution in [0, 0.1) is 11.6 Å². The van der Waals surface area contributed by atoms with E-state index in [1.54, 1.807) is 0 Å². The summed E-state index contributed by atoms with van der Waals surface area (Å²) in [7, 11) is 0. The van der Waals surface area contributed by atoms with Gasteiger partial charge in [-0.25, -0.2) is 18.4 Å². The minimum absolute atomic E-state index is 0.0727. The van der Waals surface area contributed by atoms with Crippen molar-refractivity contribution < 1.29 is 37.4 Å². The van der Waals surface area contributed by atoms with Gasteiger partial charge < -0.3 is 20.1 Å². The molecular weight excluding hydrogens is 750 g/mol. The molecule has 0 spiro atoms. The fourth-order valence-corrected chi connectivity index (χ4v) is 5.20. The molecule has 1 atom stereocenters. The number of carbonyl (C=O) groups is 4. The van der Waals surface area contributed by atoms with E-state index < -0.39 is 68.5 Å². The molecule has 16 heteroatoms. The maximum Gasteiger partial charge on any atom is 0.424 e. The Kier molecular flexibility index (Phi) is 12.5. The van der Waals surface area contributed by atoms with E-state index in [1.807, 2.05) is 0 Å². The predicted molar refractivity (Wildman–Crippen MR) is 189 cm³/mol. The van der Waals surface area contributed by atoms with E-state index in [0.29, 0.717) is 11.6 Å². The molecule has 49 heavy (non-hydrogen) atoms. The molecule has 0 radical (unpaired) electrons. The van der Waals surface area contributed by atoms with Gasteiger partial charge >= 0.3 is 12.2 Å². The summed E-state index contributed by atoms with van der Waals surface area (Å²) in [6.07, 6.45) is -2.64. The van der Waals surface area contributed by atoms with Crippen LogP contribution in [0.1, 0.15) is 70.3 Å². The third-order valence-corrected chi connectivity index (χ3v) is 7.71. The molecule has 3 aromatic carbocycles. The van der Waals surface area contributed by atoms with Gasteiger partial charge in [0, 0.05) is 11.8 Å². The molecule has 0 fully saturated rings. The highest BCUT2D eigenvalue weighted by molar-refractivity contribution is 6.50. The summed E-state index contributed by atoms with van der Waals surface area (Å²) in [5.74, 6) is -5.44. The van der Waals surface area contributed by atoms with Gasteiger partial charge in [0.25, 0.3) is 5.91 Å². The molecule has 0 aliphatic carbocycles. The summed E-state index contributed by atoms with van der Waals surface area (Å²) in [4.78, 5) is 53.2. The monoisotopic (exact) mass is 779 g/mol. The Bertz CT molecular complexity index is 1760. The quantitative estimate of drug-likeness (QED) is 0.231. The SMILES string of the molecule is CC(C)(C)OC(=O)N(C(=O)OC(C)(C)C)c1cc(NC(=O)c2cc(NC(=O)[C@H](c3ccc(Cl)c(Cl)c3)C(C)(Cl)Cl)ccc2Cl)c(F)cc1F. The van der Waals surface area contributed by atoms with Crippen LogP contribution in [0.15, 0.2) is 48.5 Å². The average molecular weight is 782 g/mol. The lowest BCUT2D eigenvalue weighted by Gasteiger charge is -2.29. The van der Waals surface area contributed by atoms with E-state index >= 15 is 8.78 Å². The van der Waals surface area contributed by atoms with Gasteiger partial charge in [-0.15, -0.1) is 23.2 Å². The van der Waals surface area contributed by atoms with Crippen LogP contribution in [0.3, 0.4) is 0 Å². The molecule has 0 saturated heterocycles. The number of halogens is 7. The van der Waals surface area contributed by atoms with Crippen LogP contribution in [0.4, 0.5) is 35.4 Å². The van der Waals surface area contributed by atoms with Gasteiger partial charge in [0.05, 0.1) is 37.9 Å². The van der Waals surface area contributed by atoms with Gasteiger partial charge in [-0.05, 0) is 90.4 Å². The van der Waals surface area contributed by atoms with Crippen LogP contribution in [-0.2, 0) is 14.3 Å². The minimum Gasteiger partial charge on any atom is -0.443 e. The number of rotatable bonds is 7. The van der Waals surface area contributed by atoms with Crippen molar-refractivity contribution in [3.8, 4) is 0 Å². The number of hydrogen-bond donors (Lipinski definition) is 2. The lowest BCUT2D eigenvalue weighted by molar-refractivity contribution is -0.117. The Morgan fingerprint density at radius 2 is 1.27 bits per heavy atom. The molecular formula is C33H32Cl5F2N3O6. The van der Waals surface area contributed by atoms with Gasteiger partial charge in [-0.3, -0.25) is 9.59 Å². The number of alkyl halides is 2. The third-order valence-electron chi connectivity index (χ3n) is 6.20. The number of carbonyl (C=O) groups excluding carboxylic acids is 4. The maximum absolute atomic E-state index is 15.2. The van der Waals surface area contributed by atoms with Crippen LogP contribution < -0.4 is 15.5 Å². The largest absolute Gasteiger partial charge is 0.443 e. The normalized spacial score (nSPS) is 12.5. The molecule has 0 bridgehead atoms. The predicted octanol–water partition coefficient (Wildman–Crippen LogP) is 10.8. The molecule has 9 nitrogen and oxygen atoms in total. The fraction of sp³-hybridized carbons (Fsp3) is 0.333. The molecule has 3 aromatic rings. The zero-order valence-electron chi connectivity index (χ0n) is 27.2. The summed E-state index contributed by atoms with van der Waals surface area (Å²) in [5, 5.41) is 5.17. The zero-order valence-corrected chi connectivity index (χ0v) is 31.0. The molecule has 0 aliphatic heterocycles. The summed E-state index contributed by atoms with van der Waals surface area (Å²) in [6.45, 7) is 10.5. The number of anilines is 3. The van der Waals surface area contributed by atoms with Crippen LogP contribution in [0.25, 0.3) is 0 Å². The molecule has 0 saturated carbocycles.